The van der Waals surface area contributed by atoms with Crippen molar-refractivity contribution in [3.05, 3.63) is 59.2 Å². The number of benzene rings is 2. The van der Waals surface area contributed by atoms with Gasteiger partial charge in [-0.15, -0.1) is 0 Å². The van der Waals surface area contributed by atoms with Crippen molar-refractivity contribution in [3.8, 4) is 11.5 Å². The van der Waals surface area contributed by atoms with Crippen LogP contribution in [0.2, 0.25) is 0 Å². The molecule has 0 aliphatic rings. The molecule has 3 heteroatoms. The molecule has 0 radical (unpaired) electrons. The van der Waals surface area contributed by atoms with Gasteiger partial charge in [0.05, 0.1) is 12.2 Å². The fourth-order valence-corrected chi connectivity index (χ4v) is 1.96. The van der Waals surface area contributed by atoms with Gasteiger partial charge in [0, 0.05) is 0 Å². The van der Waals surface area contributed by atoms with Crippen LogP contribution in [0.1, 0.15) is 41.3 Å². The number of rotatable bonds is 6. The number of hydrogen-bond acceptors (Lipinski definition) is 3. The summed E-state index contributed by atoms with van der Waals surface area (Å²) in [5.41, 5.74) is 2.79. The molecule has 116 valence electrons. The minimum atomic E-state index is -0.358. The van der Waals surface area contributed by atoms with Crippen LogP contribution in [0.25, 0.3) is 0 Å². The summed E-state index contributed by atoms with van der Waals surface area (Å²) in [6.07, 6.45) is 2.12. The molecular weight excluding hydrogens is 276 g/mol. The number of aryl methyl sites for hydroxylation is 2. The van der Waals surface area contributed by atoms with Crippen LogP contribution in [0, 0.1) is 13.8 Å². The van der Waals surface area contributed by atoms with E-state index in [1.54, 1.807) is 24.3 Å². The van der Waals surface area contributed by atoms with E-state index >= 15 is 0 Å². The van der Waals surface area contributed by atoms with E-state index in [0.717, 1.165) is 24.2 Å². The van der Waals surface area contributed by atoms with Crippen LogP contribution >= 0.6 is 0 Å². The molecule has 0 unspecified atom stereocenters. The molecule has 0 amide bonds. The zero-order valence-corrected chi connectivity index (χ0v) is 13.4. The quantitative estimate of drug-likeness (QED) is 0.440. The first kappa shape index (κ1) is 16.1. The maximum absolute atomic E-state index is 12.1. The van der Waals surface area contributed by atoms with Gasteiger partial charge in [-0.1, -0.05) is 19.4 Å². The second-order valence-corrected chi connectivity index (χ2v) is 5.36. The van der Waals surface area contributed by atoms with Crippen molar-refractivity contribution in [2.24, 2.45) is 0 Å². The van der Waals surface area contributed by atoms with E-state index in [1.807, 2.05) is 32.0 Å². The molecule has 0 aliphatic carbocycles. The SMILES string of the molecule is CCCCOc1ccc(C(=O)Oc2ccc(C)c(C)c2)cc1. The van der Waals surface area contributed by atoms with Crippen LogP contribution in [0.5, 0.6) is 11.5 Å². The highest BCUT2D eigenvalue weighted by Crippen LogP contribution is 2.19. The molecule has 2 aromatic rings. The highest BCUT2D eigenvalue weighted by Gasteiger charge is 2.09. The smallest absolute Gasteiger partial charge is 0.343 e. The molecule has 0 saturated heterocycles. The molecule has 3 nitrogen and oxygen atoms in total. The Balaban J connectivity index is 1.98. The molecular formula is C19H22O3. The van der Waals surface area contributed by atoms with Crippen LogP contribution in [0.15, 0.2) is 42.5 Å². The van der Waals surface area contributed by atoms with E-state index in [2.05, 4.69) is 6.92 Å². The average molecular weight is 298 g/mol. The monoisotopic (exact) mass is 298 g/mol. The molecule has 0 saturated carbocycles. The van der Waals surface area contributed by atoms with Gasteiger partial charge in [0.25, 0.3) is 0 Å². The summed E-state index contributed by atoms with van der Waals surface area (Å²) in [6.45, 7) is 6.84. The number of ether oxygens (including phenoxy) is 2. The Kier molecular flexibility index (Phi) is 5.59. The first-order valence-electron chi connectivity index (χ1n) is 7.62. The molecule has 0 fully saturated rings. The van der Waals surface area contributed by atoms with Crippen LogP contribution in [-0.4, -0.2) is 12.6 Å². The van der Waals surface area contributed by atoms with E-state index in [4.69, 9.17) is 9.47 Å². The van der Waals surface area contributed by atoms with Crippen LogP contribution < -0.4 is 9.47 Å². The molecule has 0 aromatic heterocycles. The summed E-state index contributed by atoms with van der Waals surface area (Å²) in [7, 11) is 0. The van der Waals surface area contributed by atoms with Crippen molar-refractivity contribution in [2.75, 3.05) is 6.61 Å². The minimum absolute atomic E-state index is 0.358. The molecule has 0 bridgehead atoms. The van der Waals surface area contributed by atoms with Crippen molar-refractivity contribution in [1.29, 1.82) is 0 Å². The number of hydrogen-bond donors (Lipinski definition) is 0. The number of esters is 1. The van der Waals surface area contributed by atoms with Gasteiger partial charge in [0.15, 0.2) is 0 Å². The van der Waals surface area contributed by atoms with Gasteiger partial charge in [0.2, 0.25) is 0 Å². The summed E-state index contributed by atoms with van der Waals surface area (Å²) in [6, 6.07) is 12.7. The number of carbonyl (C=O) groups is 1. The summed E-state index contributed by atoms with van der Waals surface area (Å²) in [4.78, 5) is 12.1. The van der Waals surface area contributed by atoms with Crippen molar-refractivity contribution in [2.45, 2.75) is 33.6 Å². The Bertz CT molecular complexity index is 630. The van der Waals surface area contributed by atoms with Crippen molar-refractivity contribution >= 4 is 5.97 Å². The maximum atomic E-state index is 12.1. The van der Waals surface area contributed by atoms with Crippen molar-refractivity contribution in [1.82, 2.24) is 0 Å². The predicted molar refractivity (Wildman–Crippen MR) is 87.7 cm³/mol. The zero-order valence-electron chi connectivity index (χ0n) is 13.4. The highest BCUT2D eigenvalue weighted by molar-refractivity contribution is 5.91. The molecule has 0 spiro atoms. The molecule has 0 aliphatic heterocycles. The van der Waals surface area contributed by atoms with Gasteiger partial charge >= 0.3 is 5.97 Å². The van der Waals surface area contributed by atoms with Gasteiger partial charge < -0.3 is 9.47 Å². The minimum Gasteiger partial charge on any atom is -0.494 e. The third-order valence-corrected chi connectivity index (χ3v) is 3.55. The van der Waals surface area contributed by atoms with E-state index in [1.165, 1.54) is 5.56 Å². The fourth-order valence-electron chi connectivity index (χ4n) is 1.96. The zero-order chi connectivity index (χ0) is 15.9. The molecule has 2 aromatic carbocycles. The lowest BCUT2D eigenvalue weighted by Crippen LogP contribution is -2.08. The molecule has 0 heterocycles. The average Bonchev–Trinajstić information content (AvgIpc) is 2.52. The van der Waals surface area contributed by atoms with E-state index < -0.39 is 0 Å². The number of unbranched alkanes of at least 4 members (excludes halogenated alkanes) is 1. The molecule has 22 heavy (non-hydrogen) atoms. The van der Waals surface area contributed by atoms with Gasteiger partial charge in [0.1, 0.15) is 11.5 Å². The Morgan fingerprint density at radius 2 is 1.64 bits per heavy atom. The van der Waals surface area contributed by atoms with Gasteiger partial charge in [-0.25, -0.2) is 4.79 Å². The third-order valence-electron chi connectivity index (χ3n) is 3.55. The number of carbonyl (C=O) groups excluding carboxylic acids is 1. The van der Waals surface area contributed by atoms with E-state index in [9.17, 15) is 4.79 Å². The largest absolute Gasteiger partial charge is 0.494 e. The standard InChI is InChI=1S/C19H22O3/c1-4-5-12-21-17-10-7-16(8-11-17)19(20)22-18-9-6-14(2)15(3)13-18/h6-11,13H,4-5,12H2,1-3H3. The maximum Gasteiger partial charge on any atom is 0.343 e. The van der Waals surface area contributed by atoms with Crippen molar-refractivity contribution < 1.29 is 14.3 Å². The summed E-state index contributed by atoms with van der Waals surface area (Å²) in [5, 5.41) is 0. The summed E-state index contributed by atoms with van der Waals surface area (Å²) in [5.74, 6) is 0.982. The van der Waals surface area contributed by atoms with Crippen molar-refractivity contribution in [3.63, 3.8) is 0 Å². The molecule has 2 rings (SSSR count). The topological polar surface area (TPSA) is 35.5 Å². The lowest BCUT2D eigenvalue weighted by Gasteiger charge is -2.08. The fraction of sp³-hybridized carbons (Fsp3) is 0.316. The first-order chi connectivity index (χ1) is 10.6. The lowest BCUT2D eigenvalue weighted by molar-refractivity contribution is 0.0734. The second kappa shape index (κ2) is 7.64. The summed E-state index contributed by atoms with van der Waals surface area (Å²) < 4.78 is 11.0. The van der Waals surface area contributed by atoms with Crippen LogP contribution in [0.4, 0.5) is 0 Å². The second-order valence-electron chi connectivity index (χ2n) is 5.36. The van der Waals surface area contributed by atoms with Gasteiger partial charge in [-0.05, 0) is 67.8 Å². The van der Waals surface area contributed by atoms with E-state index in [-0.39, 0.29) is 5.97 Å². The Morgan fingerprint density at radius 1 is 0.955 bits per heavy atom. The highest BCUT2D eigenvalue weighted by atomic mass is 16.5. The Hall–Kier alpha value is -2.29. The third kappa shape index (κ3) is 4.35. The Labute approximate surface area is 131 Å². The van der Waals surface area contributed by atoms with Crippen LogP contribution in [-0.2, 0) is 0 Å². The van der Waals surface area contributed by atoms with E-state index in [0.29, 0.717) is 17.9 Å². The van der Waals surface area contributed by atoms with Gasteiger partial charge in [-0.3, -0.25) is 0 Å². The normalized spacial score (nSPS) is 10.3. The molecule has 0 N–H and O–H groups in total. The lowest BCUT2D eigenvalue weighted by atomic mass is 10.1. The molecule has 0 atom stereocenters. The first-order valence-corrected chi connectivity index (χ1v) is 7.62. The predicted octanol–water partition coefficient (Wildman–Crippen LogP) is 4.70. The van der Waals surface area contributed by atoms with Crippen LogP contribution in [0.3, 0.4) is 0 Å². The van der Waals surface area contributed by atoms with Gasteiger partial charge in [-0.2, -0.15) is 0 Å². The summed E-state index contributed by atoms with van der Waals surface area (Å²) >= 11 is 0. The Morgan fingerprint density at radius 3 is 2.27 bits per heavy atom.